The minimum absolute atomic E-state index is 0. The number of carbonyl (C=O) groups is 1. The molecule has 0 aliphatic carbocycles. The second kappa shape index (κ2) is 9.52. The van der Waals surface area contributed by atoms with Gasteiger partial charge in [-0.1, -0.05) is 0 Å². The van der Waals surface area contributed by atoms with Crippen molar-refractivity contribution in [1.82, 2.24) is 4.90 Å². The second-order valence-electron chi connectivity index (χ2n) is 6.13. The molecule has 0 atom stereocenters. The number of aliphatic carboxylic acids is 1. The van der Waals surface area contributed by atoms with Crippen LogP contribution in [0.2, 0.25) is 0 Å². The third-order valence-corrected chi connectivity index (χ3v) is 3.75. The zero-order valence-corrected chi connectivity index (χ0v) is 18.1. The molecule has 0 heterocycles. The maximum atomic E-state index is 13.7. The smallest absolute Gasteiger partial charge is 0.460 e. The molecule has 37 heavy (non-hydrogen) atoms. The van der Waals surface area contributed by atoms with Gasteiger partial charge < -0.3 is 5.11 Å². The van der Waals surface area contributed by atoms with Crippen LogP contribution in [0.5, 0.6) is 0 Å². The van der Waals surface area contributed by atoms with Gasteiger partial charge in [0.2, 0.25) is 0 Å². The molecule has 1 N–H and O–H groups in total. The Labute approximate surface area is 207 Å². The van der Waals surface area contributed by atoms with Gasteiger partial charge in [-0.05, 0) is 0 Å². The Morgan fingerprint density at radius 2 is 0.649 bits per heavy atom. The number of hydrogen-bond acceptors (Lipinski definition) is 2. The molecule has 0 rings (SSSR count). The van der Waals surface area contributed by atoms with E-state index >= 15 is 0 Å². The van der Waals surface area contributed by atoms with Crippen molar-refractivity contribution in [2.24, 2.45) is 0 Å². The third kappa shape index (κ3) is 5.12. The van der Waals surface area contributed by atoms with Crippen LogP contribution in [0.3, 0.4) is 0 Å². The van der Waals surface area contributed by atoms with Crippen molar-refractivity contribution in [3.05, 3.63) is 0 Å². The van der Waals surface area contributed by atoms with Crippen molar-refractivity contribution in [3.63, 3.8) is 0 Å². The van der Waals surface area contributed by atoms with Crippen LogP contribution in [0, 0.1) is 0 Å². The minimum atomic E-state index is -9.33. The van der Waals surface area contributed by atoms with Crippen LogP contribution in [0.15, 0.2) is 0 Å². The summed E-state index contributed by atoms with van der Waals surface area (Å²) in [4.78, 5) is 4.48. The van der Waals surface area contributed by atoms with Crippen molar-refractivity contribution in [1.29, 1.82) is 0 Å². The summed E-state index contributed by atoms with van der Waals surface area (Å²) in [6.07, 6.45) is -16.4. The van der Waals surface area contributed by atoms with E-state index in [1.54, 1.807) is 0 Å². The van der Waals surface area contributed by atoms with Gasteiger partial charge in [0.25, 0.3) is 0 Å². The maximum Gasteiger partial charge on any atom is 0.460 e. The van der Waals surface area contributed by atoms with E-state index in [0.29, 0.717) is 0 Å². The molecule has 0 aromatic carbocycles. The van der Waals surface area contributed by atoms with Crippen LogP contribution < -0.4 is 0 Å². The van der Waals surface area contributed by atoms with Gasteiger partial charge in [-0.25, -0.2) is 4.79 Å². The molecule has 0 fully saturated rings. The fraction of sp³-hybridized carbons (Fsp3) is 0.909. The number of rotatable bonds is 9. The van der Waals surface area contributed by atoms with Crippen LogP contribution in [0.1, 0.15) is 0 Å². The van der Waals surface area contributed by atoms with E-state index in [2.05, 4.69) is 0 Å². The molecule has 0 aliphatic rings. The van der Waals surface area contributed by atoms with Gasteiger partial charge >= 0.3 is 66.1 Å². The molecule has 0 unspecified atom stereocenters. The van der Waals surface area contributed by atoms with Gasteiger partial charge in [0.05, 0.1) is 0 Å². The zero-order chi connectivity index (χ0) is 30.2. The molecule has 0 aromatic heterocycles. The molecule has 3 nitrogen and oxygen atoms in total. The summed E-state index contributed by atoms with van der Waals surface area (Å²) in [6.45, 7) is 0. The number of carboxylic acid groups (broad SMARTS) is 1. The molecular formula is C11HF22NNaO2. The Morgan fingerprint density at radius 1 is 0.432 bits per heavy atom. The monoisotopic (exact) mass is 620 g/mol. The standard InChI is InChI=1S/C11HF22NO2.Na/c12-2(13,1(35)36)9(28,29)34(10(30,31)5(18,19)3(14,15)7(22,23)24)11(32,33)6(20,21)4(16,17)8(25,26)27;/h(H,35,36);. The molecule has 0 bridgehead atoms. The Morgan fingerprint density at radius 3 is 0.811 bits per heavy atom. The molecule has 26 heteroatoms. The molecule has 0 saturated carbocycles. The van der Waals surface area contributed by atoms with Crippen molar-refractivity contribution in [3.8, 4) is 0 Å². The van der Waals surface area contributed by atoms with Gasteiger partial charge in [-0.3, -0.25) is 0 Å². The van der Waals surface area contributed by atoms with Gasteiger partial charge in [0, 0.05) is 29.6 Å². The van der Waals surface area contributed by atoms with Crippen LogP contribution >= 0.6 is 0 Å². The van der Waals surface area contributed by atoms with Crippen LogP contribution in [0.25, 0.3) is 0 Å². The summed E-state index contributed by atoms with van der Waals surface area (Å²) in [6, 6.07) is -27.5. The van der Waals surface area contributed by atoms with E-state index < -0.39 is 71.0 Å². The normalized spacial score (nSPS) is 16.1. The van der Waals surface area contributed by atoms with E-state index in [4.69, 9.17) is 5.11 Å². The summed E-state index contributed by atoms with van der Waals surface area (Å²) < 4.78 is 285. The fourth-order valence-corrected chi connectivity index (χ4v) is 1.81. The number of nitrogens with zero attached hydrogens (tertiary/aromatic N) is 1. The van der Waals surface area contributed by atoms with E-state index in [1.807, 2.05) is 0 Å². The fourth-order valence-electron chi connectivity index (χ4n) is 1.81. The molecule has 217 valence electrons. The summed E-state index contributed by atoms with van der Waals surface area (Å²) in [5.74, 6) is -48.5. The van der Waals surface area contributed by atoms with Crippen molar-refractivity contribution >= 4 is 35.5 Å². The quantitative estimate of drug-likeness (QED) is 0.194. The van der Waals surface area contributed by atoms with E-state index in [1.165, 1.54) is 0 Å². The topological polar surface area (TPSA) is 40.5 Å². The summed E-state index contributed by atoms with van der Waals surface area (Å²) >= 11 is 0. The zero-order valence-electron chi connectivity index (χ0n) is 16.1. The Bertz CT molecular complexity index is 793. The van der Waals surface area contributed by atoms with E-state index in [9.17, 15) is 101 Å². The molecule has 1 radical (unpaired) electrons. The first-order valence-electron chi connectivity index (χ1n) is 7.26. The first-order chi connectivity index (χ1) is 15.1. The largest absolute Gasteiger partial charge is 0.477 e. The predicted molar refractivity (Wildman–Crippen MR) is 66.9 cm³/mol. The second-order valence-corrected chi connectivity index (χ2v) is 6.13. The van der Waals surface area contributed by atoms with Crippen molar-refractivity contribution in [2.45, 2.75) is 60.1 Å². The number of hydrogen-bond donors (Lipinski definition) is 1. The molecule has 0 amide bonds. The number of alkyl halides is 22. The molecule has 0 saturated heterocycles. The number of carboxylic acids is 1. The van der Waals surface area contributed by atoms with Gasteiger partial charge in [-0.15, -0.1) is 4.90 Å². The molecule has 0 aromatic rings. The summed E-state index contributed by atoms with van der Waals surface area (Å²) in [7, 11) is 0. The number of halogens is 22. The van der Waals surface area contributed by atoms with Gasteiger partial charge in [0.1, 0.15) is 0 Å². The Kier molecular flexibility index (Phi) is 9.78. The summed E-state index contributed by atoms with van der Waals surface area (Å²) in [5.41, 5.74) is 0. The summed E-state index contributed by atoms with van der Waals surface area (Å²) in [5, 5.41) is 7.76. The molecule has 0 spiro atoms. The first-order valence-corrected chi connectivity index (χ1v) is 7.26. The van der Waals surface area contributed by atoms with Crippen LogP contribution in [-0.2, 0) is 4.79 Å². The van der Waals surface area contributed by atoms with E-state index in [-0.39, 0.29) is 29.6 Å². The van der Waals surface area contributed by atoms with Gasteiger partial charge in [-0.2, -0.15) is 96.6 Å². The average Bonchev–Trinajstić information content (AvgIpc) is 2.57. The molecule has 0 aliphatic heterocycles. The minimum Gasteiger partial charge on any atom is -0.477 e. The maximum absolute atomic E-state index is 13.7. The Hall–Kier alpha value is -1.11. The SMILES string of the molecule is O=C(O)C(F)(F)C(F)(F)N(C(F)(F)C(F)(F)C(F)(F)C(F)(F)F)C(F)(F)C(F)(F)C(F)(F)C(F)(F)F.[Na]. The van der Waals surface area contributed by atoms with E-state index in [0.717, 1.165) is 0 Å². The van der Waals surface area contributed by atoms with Crippen molar-refractivity contribution < 1.29 is 106 Å². The van der Waals surface area contributed by atoms with Crippen LogP contribution in [0.4, 0.5) is 96.6 Å². The third-order valence-electron chi connectivity index (χ3n) is 3.75. The van der Waals surface area contributed by atoms with Gasteiger partial charge in [0.15, 0.2) is 0 Å². The first kappa shape index (κ1) is 38.0. The van der Waals surface area contributed by atoms with Crippen LogP contribution in [-0.4, -0.2) is 106 Å². The molecular weight excluding hydrogens is 619 g/mol. The average molecular weight is 620 g/mol. The predicted octanol–water partition coefficient (Wildman–Crippen LogP) is 6.07. The van der Waals surface area contributed by atoms with Crippen molar-refractivity contribution in [2.75, 3.05) is 0 Å². The Balaban J connectivity index is 0.